The molecule has 0 bridgehead atoms. The lowest BCUT2D eigenvalue weighted by Crippen LogP contribution is -2.52. The van der Waals surface area contributed by atoms with Crippen LogP contribution in [-0.2, 0) is 19.1 Å². The normalized spacial score (nSPS) is 20.7. The molecule has 1 fully saturated rings. The van der Waals surface area contributed by atoms with Gasteiger partial charge in [-0.05, 0) is 18.4 Å². The lowest BCUT2D eigenvalue weighted by atomic mass is 9.57. The first-order valence-corrected chi connectivity index (χ1v) is 5.88. The van der Waals surface area contributed by atoms with E-state index >= 15 is 0 Å². The zero-order chi connectivity index (χ0) is 13.2. The number of carbonyl (C=O) groups is 2. The first kappa shape index (κ1) is 12.6. The minimum atomic E-state index is -1.16. The fourth-order valence-corrected chi connectivity index (χ4v) is 2.65. The molecule has 1 saturated carbocycles. The molecule has 2 rings (SSSR count). The Labute approximate surface area is 106 Å². The summed E-state index contributed by atoms with van der Waals surface area (Å²) >= 11 is 0. The van der Waals surface area contributed by atoms with Gasteiger partial charge in [-0.2, -0.15) is 0 Å². The van der Waals surface area contributed by atoms with E-state index in [0.717, 1.165) is 12.0 Å². The molecule has 0 aromatic heterocycles. The number of hydrogen-bond acceptors (Lipinski definition) is 4. The maximum Gasteiger partial charge on any atom is 0.323 e. The summed E-state index contributed by atoms with van der Waals surface area (Å²) < 4.78 is 9.58. The zero-order valence-corrected chi connectivity index (χ0v) is 10.5. The van der Waals surface area contributed by atoms with Crippen LogP contribution in [0.3, 0.4) is 0 Å². The van der Waals surface area contributed by atoms with Gasteiger partial charge in [0.2, 0.25) is 0 Å². The SMILES string of the molecule is COC(=O)C1(C(=O)OC)CCC1c1ccccc1. The van der Waals surface area contributed by atoms with Crippen LogP contribution in [0.15, 0.2) is 30.3 Å². The molecule has 96 valence electrons. The molecule has 18 heavy (non-hydrogen) atoms. The minimum absolute atomic E-state index is 0.154. The van der Waals surface area contributed by atoms with Gasteiger partial charge in [-0.3, -0.25) is 9.59 Å². The molecule has 1 aromatic rings. The smallest absolute Gasteiger partial charge is 0.323 e. The van der Waals surface area contributed by atoms with Gasteiger partial charge in [0.1, 0.15) is 0 Å². The predicted molar refractivity (Wildman–Crippen MR) is 64.9 cm³/mol. The van der Waals surface area contributed by atoms with E-state index in [0.29, 0.717) is 6.42 Å². The number of benzene rings is 1. The molecule has 1 aliphatic carbocycles. The summed E-state index contributed by atoms with van der Waals surface area (Å²) in [5.74, 6) is -1.16. The number of carbonyl (C=O) groups excluding carboxylic acids is 2. The number of hydrogen-bond donors (Lipinski definition) is 0. The molecular formula is C14H16O4. The molecule has 0 saturated heterocycles. The molecule has 1 aliphatic rings. The Morgan fingerprint density at radius 1 is 1.11 bits per heavy atom. The minimum Gasteiger partial charge on any atom is -0.468 e. The van der Waals surface area contributed by atoms with Crippen LogP contribution in [0, 0.1) is 5.41 Å². The van der Waals surface area contributed by atoms with Crippen molar-refractivity contribution >= 4 is 11.9 Å². The fourth-order valence-electron chi connectivity index (χ4n) is 2.65. The number of ether oxygens (including phenoxy) is 2. The second-order valence-corrected chi connectivity index (χ2v) is 4.46. The monoisotopic (exact) mass is 248 g/mol. The lowest BCUT2D eigenvalue weighted by Gasteiger charge is -2.44. The van der Waals surface area contributed by atoms with Crippen molar-refractivity contribution in [2.75, 3.05) is 14.2 Å². The van der Waals surface area contributed by atoms with Gasteiger partial charge in [0.05, 0.1) is 14.2 Å². The summed E-state index contributed by atoms with van der Waals surface area (Å²) in [6, 6.07) is 9.54. The van der Waals surface area contributed by atoms with E-state index in [4.69, 9.17) is 9.47 Å². The Balaban J connectivity index is 2.38. The van der Waals surface area contributed by atoms with Gasteiger partial charge in [-0.15, -0.1) is 0 Å². The van der Waals surface area contributed by atoms with Crippen molar-refractivity contribution in [1.82, 2.24) is 0 Å². The van der Waals surface area contributed by atoms with E-state index in [2.05, 4.69) is 0 Å². The van der Waals surface area contributed by atoms with Gasteiger partial charge >= 0.3 is 11.9 Å². The molecule has 1 aromatic carbocycles. The van der Waals surface area contributed by atoms with Crippen LogP contribution in [0.4, 0.5) is 0 Å². The first-order chi connectivity index (χ1) is 8.66. The summed E-state index contributed by atoms with van der Waals surface area (Å²) in [5.41, 5.74) is -0.190. The molecule has 0 spiro atoms. The Hall–Kier alpha value is -1.84. The maximum absolute atomic E-state index is 12.0. The van der Waals surface area contributed by atoms with Crippen LogP contribution in [0.5, 0.6) is 0 Å². The molecule has 0 aliphatic heterocycles. The maximum atomic E-state index is 12.0. The van der Waals surface area contributed by atoms with Gasteiger partial charge in [-0.25, -0.2) is 0 Å². The quantitative estimate of drug-likeness (QED) is 0.605. The number of methoxy groups -OCH3 is 2. The Kier molecular flexibility index (Phi) is 3.36. The van der Waals surface area contributed by atoms with Crippen LogP contribution in [-0.4, -0.2) is 26.2 Å². The van der Waals surface area contributed by atoms with Crippen molar-refractivity contribution in [2.24, 2.45) is 5.41 Å². The van der Waals surface area contributed by atoms with E-state index in [9.17, 15) is 9.59 Å². The molecule has 4 heteroatoms. The van der Waals surface area contributed by atoms with Crippen molar-refractivity contribution in [3.05, 3.63) is 35.9 Å². The molecule has 1 atom stereocenters. The molecule has 4 nitrogen and oxygen atoms in total. The zero-order valence-electron chi connectivity index (χ0n) is 10.5. The number of esters is 2. The van der Waals surface area contributed by atoms with Gasteiger partial charge in [0, 0.05) is 5.92 Å². The van der Waals surface area contributed by atoms with Gasteiger partial charge in [0.25, 0.3) is 0 Å². The highest BCUT2D eigenvalue weighted by atomic mass is 16.5. The molecule has 0 N–H and O–H groups in total. The van der Waals surface area contributed by atoms with Crippen LogP contribution in [0.2, 0.25) is 0 Å². The van der Waals surface area contributed by atoms with E-state index in [1.54, 1.807) is 0 Å². The van der Waals surface area contributed by atoms with Crippen molar-refractivity contribution in [1.29, 1.82) is 0 Å². The van der Waals surface area contributed by atoms with Crippen molar-refractivity contribution < 1.29 is 19.1 Å². The fraction of sp³-hybridized carbons (Fsp3) is 0.429. The van der Waals surface area contributed by atoms with Crippen LogP contribution < -0.4 is 0 Å². The second kappa shape index (κ2) is 4.80. The van der Waals surface area contributed by atoms with Gasteiger partial charge < -0.3 is 9.47 Å². The Morgan fingerprint density at radius 3 is 2.06 bits per heavy atom. The predicted octanol–water partition coefficient (Wildman–Crippen LogP) is 1.90. The largest absolute Gasteiger partial charge is 0.468 e. The van der Waals surface area contributed by atoms with Crippen LogP contribution in [0.1, 0.15) is 24.3 Å². The highest BCUT2D eigenvalue weighted by Crippen LogP contribution is 2.54. The third-order valence-corrected chi connectivity index (χ3v) is 3.72. The summed E-state index contributed by atoms with van der Waals surface area (Å²) in [5, 5.41) is 0. The van der Waals surface area contributed by atoms with Crippen molar-refractivity contribution in [3.8, 4) is 0 Å². The van der Waals surface area contributed by atoms with Gasteiger partial charge in [0.15, 0.2) is 5.41 Å². The summed E-state index contributed by atoms with van der Waals surface area (Å²) in [6.45, 7) is 0. The van der Waals surface area contributed by atoms with Gasteiger partial charge in [-0.1, -0.05) is 30.3 Å². The lowest BCUT2D eigenvalue weighted by molar-refractivity contribution is -0.178. The highest BCUT2D eigenvalue weighted by Gasteiger charge is 2.60. The summed E-state index contributed by atoms with van der Waals surface area (Å²) in [4.78, 5) is 24.0. The summed E-state index contributed by atoms with van der Waals surface area (Å²) in [7, 11) is 2.60. The third kappa shape index (κ3) is 1.68. The first-order valence-electron chi connectivity index (χ1n) is 5.88. The molecule has 0 amide bonds. The molecule has 0 heterocycles. The van der Waals surface area contributed by atoms with E-state index in [-0.39, 0.29) is 5.92 Å². The topological polar surface area (TPSA) is 52.6 Å². The standard InChI is InChI=1S/C14H16O4/c1-17-12(15)14(13(16)18-2)9-8-11(14)10-6-4-3-5-7-10/h3-7,11H,8-9H2,1-2H3. The Morgan fingerprint density at radius 2 is 1.67 bits per heavy atom. The summed E-state index contributed by atoms with van der Waals surface area (Å²) in [6.07, 6.45) is 1.26. The molecular weight excluding hydrogens is 232 g/mol. The third-order valence-electron chi connectivity index (χ3n) is 3.72. The van der Waals surface area contributed by atoms with E-state index in [1.807, 2.05) is 30.3 Å². The Bertz CT molecular complexity index is 436. The van der Waals surface area contributed by atoms with E-state index in [1.165, 1.54) is 14.2 Å². The second-order valence-electron chi connectivity index (χ2n) is 4.46. The van der Waals surface area contributed by atoms with E-state index < -0.39 is 17.4 Å². The number of rotatable bonds is 3. The highest BCUT2D eigenvalue weighted by molar-refractivity contribution is 6.02. The van der Waals surface area contributed by atoms with Crippen LogP contribution in [0.25, 0.3) is 0 Å². The van der Waals surface area contributed by atoms with Crippen molar-refractivity contribution in [3.63, 3.8) is 0 Å². The van der Waals surface area contributed by atoms with Crippen molar-refractivity contribution in [2.45, 2.75) is 18.8 Å². The molecule has 0 radical (unpaired) electrons. The average Bonchev–Trinajstić information content (AvgIpc) is 2.38. The average molecular weight is 248 g/mol. The van der Waals surface area contributed by atoms with Crippen LogP contribution >= 0.6 is 0 Å². The molecule has 1 unspecified atom stereocenters.